The molecule has 0 saturated carbocycles. The Bertz CT molecular complexity index is 782. The molecule has 1 fully saturated rings. The van der Waals surface area contributed by atoms with Gasteiger partial charge in [0.1, 0.15) is 5.75 Å². The third-order valence-corrected chi connectivity index (χ3v) is 4.58. The highest BCUT2D eigenvalue weighted by molar-refractivity contribution is 5.88. The van der Waals surface area contributed by atoms with Crippen LogP contribution in [0.1, 0.15) is 17.5 Å². The van der Waals surface area contributed by atoms with Gasteiger partial charge in [-0.3, -0.25) is 19.5 Å². The first-order chi connectivity index (χ1) is 13.2. The maximum atomic E-state index is 12.4. The minimum Gasteiger partial charge on any atom is -0.497 e. The molecule has 7 nitrogen and oxygen atoms in total. The minimum absolute atomic E-state index is 0.108. The van der Waals surface area contributed by atoms with Gasteiger partial charge in [0.15, 0.2) is 0 Å². The van der Waals surface area contributed by atoms with Crippen LogP contribution in [0, 0.1) is 0 Å². The van der Waals surface area contributed by atoms with Gasteiger partial charge in [0.25, 0.3) is 0 Å². The number of carbonyl (C=O) groups is 2. The summed E-state index contributed by atoms with van der Waals surface area (Å²) in [6.07, 6.45) is 3.50. The lowest BCUT2D eigenvalue weighted by atomic mass is 10.1. The van der Waals surface area contributed by atoms with Crippen molar-refractivity contribution in [3.8, 4) is 5.75 Å². The fraction of sp³-hybridized carbons (Fsp3) is 0.350. The number of aromatic nitrogens is 1. The number of pyridine rings is 1. The van der Waals surface area contributed by atoms with Crippen molar-refractivity contribution in [3.63, 3.8) is 0 Å². The highest BCUT2D eigenvalue weighted by Crippen LogP contribution is 2.18. The maximum absolute atomic E-state index is 12.4. The summed E-state index contributed by atoms with van der Waals surface area (Å²) in [5.74, 6) is 0.522. The number of benzene rings is 1. The predicted octanol–water partition coefficient (Wildman–Crippen LogP) is 1.10. The van der Waals surface area contributed by atoms with Gasteiger partial charge in [-0.25, -0.2) is 0 Å². The number of carbonyl (C=O) groups excluding carboxylic acids is 2. The number of hydrogen-bond acceptors (Lipinski definition) is 5. The van der Waals surface area contributed by atoms with Gasteiger partial charge in [-0.2, -0.15) is 0 Å². The van der Waals surface area contributed by atoms with E-state index in [0.717, 1.165) is 16.9 Å². The fourth-order valence-electron chi connectivity index (χ4n) is 3.13. The van der Waals surface area contributed by atoms with Crippen molar-refractivity contribution in [1.82, 2.24) is 20.5 Å². The molecular weight excluding hydrogens is 344 g/mol. The molecule has 0 spiro atoms. The van der Waals surface area contributed by atoms with Crippen molar-refractivity contribution >= 4 is 11.8 Å². The number of ether oxygens (including phenoxy) is 1. The molecule has 1 saturated heterocycles. The molecular formula is C20H24N4O3. The number of piperazine rings is 1. The number of nitrogens with zero attached hydrogens (tertiary/aromatic N) is 2. The number of amides is 2. The number of rotatable bonds is 7. The van der Waals surface area contributed by atoms with Gasteiger partial charge in [0, 0.05) is 38.6 Å². The van der Waals surface area contributed by atoms with Crippen LogP contribution in [0.3, 0.4) is 0 Å². The normalized spacial score (nSPS) is 17.2. The Morgan fingerprint density at radius 2 is 2.11 bits per heavy atom. The Kier molecular flexibility index (Phi) is 6.38. The summed E-state index contributed by atoms with van der Waals surface area (Å²) in [6, 6.07) is 11.0. The van der Waals surface area contributed by atoms with Crippen molar-refractivity contribution < 1.29 is 14.3 Å². The van der Waals surface area contributed by atoms with Crippen LogP contribution in [0.5, 0.6) is 5.75 Å². The third-order valence-electron chi connectivity index (χ3n) is 4.58. The van der Waals surface area contributed by atoms with Crippen LogP contribution < -0.4 is 15.4 Å². The highest BCUT2D eigenvalue weighted by Gasteiger charge is 2.31. The molecule has 1 aliphatic rings. The van der Waals surface area contributed by atoms with Crippen molar-refractivity contribution in [2.24, 2.45) is 0 Å². The monoisotopic (exact) mass is 368 g/mol. The molecule has 1 atom stereocenters. The van der Waals surface area contributed by atoms with E-state index in [0.29, 0.717) is 26.2 Å². The lowest BCUT2D eigenvalue weighted by Crippen LogP contribution is -2.56. The van der Waals surface area contributed by atoms with Crippen molar-refractivity contribution in [2.45, 2.75) is 25.6 Å². The Morgan fingerprint density at radius 1 is 1.30 bits per heavy atom. The van der Waals surface area contributed by atoms with E-state index in [1.54, 1.807) is 19.5 Å². The van der Waals surface area contributed by atoms with Crippen LogP contribution in [0.2, 0.25) is 0 Å². The number of methoxy groups -OCH3 is 1. The molecule has 3 rings (SSSR count). The van der Waals surface area contributed by atoms with Gasteiger partial charge in [-0.1, -0.05) is 12.1 Å². The van der Waals surface area contributed by atoms with Crippen molar-refractivity contribution in [2.75, 3.05) is 20.2 Å². The van der Waals surface area contributed by atoms with Crippen LogP contribution in [-0.2, 0) is 22.7 Å². The molecule has 0 radical (unpaired) electrons. The van der Waals surface area contributed by atoms with E-state index in [1.165, 1.54) is 0 Å². The largest absolute Gasteiger partial charge is 0.497 e. The van der Waals surface area contributed by atoms with Gasteiger partial charge >= 0.3 is 0 Å². The van der Waals surface area contributed by atoms with E-state index in [9.17, 15) is 9.59 Å². The molecule has 2 N–H and O–H groups in total. The summed E-state index contributed by atoms with van der Waals surface area (Å²) in [7, 11) is 1.63. The molecule has 2 aromatic rings. The number of nitrogens with one attached hydrogen (secondary N) is 2. The summed E-state index contributed by atoms with van der Waals surface area (Å²) in [5, 5.41) is 5.73. The van der Waals surface area contributed by atoms with Gasteiger partial charge in [0.05, 0.1) is 19.6 Å². The Hall–Kier alpha value is -2.93. The summed E-state index contributed by atoms with van der Waals surface area (Å²) in [6.45, 7) is 2.29. The second kappa shape index (κ2) is 9.14. The molecule has 1 unspecified atom stereocenters. The lowest BCUT2D eigenvalue weighted by molar-refractivity contribution is -0.134. The number of hydrogen-bond donors (Lipinski definition) is 2. The first-order valence-electron chi connectivity index (χ1n) is 8.96. The zero-order valence-corrected chi connectivity index (χ0v) is 15.4. The van der Waals surface area contributed by atoms with Gasteiger partial charge < -0.3 is 15.4 Å². The quantitative estimate of drug-likeness (QED) is 0.765. The molecule has 27 heavy (non-hydrogen) atoms. The Balaban J connectivity index is 1.61. The Labute approximate surface area is 158 Å². The van der Waals surface area contributed by atoms with Crippen LogP contribution in [0.4, 0.5) is 0 Å². The van der Waals surface area contributed by atoms with Crippen LogP contribution in [0.25, 0.3) is 0 Å². The van der Waals surface area contributed by atoms with E-state index in [1.807, 2.05) is 41.3 Å². The van der Waals surface area contributed by atoms with Crippen molar-refractivity contribution in [1.29, 1.82) is 0 Å². The summed E-state index contributed by atoms with van der Waals surface area (Å²) >= 11 is 0. The second-order valence-corrected chi connectivity index (χ2v) is 6.47. The molecule has 7 heteroatoms. The smallest absolute Gasteiger partial charge is 0.237 e. The van der Waals surface area contributed by atoms with Crippen LogP contribution >= 0.6 is 0 Å². The average molecular weight is 368 g/mol. The van der Waals surface area contributed by atoms with E-state index >= 15 is 0 Å². The lowest BCUT2D eigenvalue weighted by Gasteiger charge is -2.34. The summed E-state index contributed by atoms with van der Waals surface area (Å²) in [5.41, 5.74) is 2.02. The van der Waals surface area contributed by atoms with Crippen molar-refractivity contribution in [3.05, 3.63) is 59.9 Å². The van der Waals surface area contributed by atoms with E-state index in [4.69, 9.17) is 4.74 Å². The molecule has 1 aromatic carbocycles. The fourth-order valence-corrected chi connectivity index (χ4v) is 3.13. The molecule has 2 heterocycles. The Morgan fingerprint density at radius 3 is 2.89 bits per heavy atom. The maximum Gasteiger partial charge on any atom is 0.237 e. The zero-order chi connectivity index (χ0) is 19.1. The van der Waals surface area contributed by atoms with Gasteiger partial charge in [-0.05, 0) is 35.4 Å². The molecule has 142 valence electrons. The minimum atomic E-state index is -0.484. The topological polar surface area (TPSA) is 83.6 Å². The first kappa shape index (κ1) is 18.8. The summed E-state index contributed by atoms with van der Waals surface area (Å²) in [4.78, 5) is 30.7. The predicted molar refractivity (Wildman–Crippen MR) is 101 cm³/mol. The van der Waals surface area contributed by atoms with Gasteiger partial charge in [-0.15, -0.1) is 0 Å². The first-order valence-corrected chi connectivity index (χ1v) is 8.96. The van der Waals surface area contributed by atoms with Crippen LogP contribution in [0.15, 0.2) is 48.8 Å². The van der Waals surface area contributed by atoms with E-state index in [-0.39, 0.29) is 18.2 Å². The van der Waals surface area contributed by atoms with E-state index < -0.39 is 6.04 Å². The molecule has 1 aromatic heterocycles. The zero-order valence-electron chi connectivity index (χ0n) is 15.4. The highest BCUT2D eigenvalue weighted by atomic mass is 16.5. The SMILES string of the molecule is COc1cccc(CN2CCNC(=O)C2CC(=O)NCc2ccncc2)c1. The molecule has 0 bridgehead atoms. The average Bonchev–Trinajstić information content (AvgIpc) is 2.70. The summed E-state index contributed by atoms with van der Waals surface area (Å²) < 4.78 is 5.26. The standard InChI is InChI=1S/C20H24N4O3/c1-27-17-4-2-3-16(11-17)14-24-10-9-22-20(26)18(24)12-19(25)23-13-15-5-7-21-8-6-15/h2-8,11,18H,9-10,12-14H2,1H3,(H,22,26)(H,23,25). The second-order valence-electron chi connectivity index (χ2n) is 6.47. The third kappa shape index (κ3) is 5.27. The molecule has 0 aliphatic carbocycles. The molecule has 1 aliphatic heterocycles. The molecule has 2 amide bonds. The van der Waals surface area contributed by atoms with Gasteiger partial charge in [0.2, 0.25) is 11.8 Å². The van der Waals surface area contributed by atoms with Crippen LogP contribution in [-0.4, -0.2) is 47.9 Å². The van der Waals surface area contributed by atoms with E-state index in [2.05, 4.69) is 15.6 Å².